The van der Waals surface area contributed by atoms with E-state index in [9.17, 15) is 15.0 Å². The molecule has 1 spiro atoms. The molecule has 0 bridgehead atoms. The number of fused-ring (bicyclic) bond motifs is 4. The molecule has 0 aromatic rings. The van der Waals surface area contributed by atoms with E-state index in [0.29, 0.717) is 11.8 Å². The van der Waals surface area contributed by atoms with Gasteiger partial charge in [0.05, 0.1) is 6.10 Å². The summed E-state index contributed by atoms with van der Waals surface area (Å²) < 4.78 is 5.95. The van der Waals surface area contributed by atoms with Crippen LogP contribution in [0.1, 0.15) is 73.1 Å². The SMILES string of the molecule is C[C@H]1CC[C@@H]2[C@@]3(C)CC[C@H](O)C(C)(C)[C@@H]3CC[C@@]2(C)[C@]12C=C(O)C(=O)O2. The second-order valence-corrected chi connectivity index (χ2v) is 10.6. The van der Waals surface area contributed by atoms with Crippen molar-refractivity contribution < 1.29 is 19.7 Å². The Morgan fingerprint density at radius 2 is 1.73 bits per heavy atom. The van der Waals surface area contributed by atoms with Gasteiger partial charge in [0.15, 0.2) is 0 Å². The first kappa shape index (κ1) is 18.3. The third-order valence-electron chi connectivity index (χ3n) is 9.36. The van der Waals surface area contributed by atoms with E-state index in [1.54, 1.807) is 6.08 Å². The van der Waals surface area contributed by atoms with E-state index >= 15 is 0 Å². The lowest BCUT2D eigenvalue weighted by Gasteiger charge is -2.68. The molecule has 3 fully saturated rings. The van der Waals surface area contributed by atoms with Gasteiger partial charge in [-0.2, -0.15) is 0 Å². The molecule has 4 rings (SSSR count). The number of hydrogen-bond acceptors (Lipinski definition) is 4. The molecule has 26 heavy (non-hydrogen) atoms. The Kier molecular flexibility index (Phi) is 3.72. The molecule has 0 radical (unpaired) electrons. The zero-order valence-electron chi connectivity index (χ0n) is 16.8. The van der Waals surface area contributed by atoms with Crippen LogP contribution in [0.4, 0.5) is 0 Å². The molecule has 3 aliphatic carbocycles. The summed E-state index contributed by atoms with van der Waals surface area (Å²) in [4.78, 5) is 12.1. The van der Waals surface area contributed by atoms with Crippen molar-refractivity contribution in [3.05, 3.63) is 11.8 Å². The number of aliphatic hydroxyl groups excluding tert-OH is 2. The number of rotatable bonds is 0. The first-order valence-corrected chi connectivity index (χ1v) is 10.3. The fourth-order valence-corrected chi connectivity index (χ4v) is 7.87. The smallest absolute Gasteiger partial charge is 0.374 e. The highest BCUT2D eigenvalue weighted by Gasteiger charge is 2.69. The van der Waals surface area contributed by atoms with Crippen LogP contribution in [0.2, 0.25) is 0 Å². The molecule has 7 atom stereocenters. The molecule has 4 heteroatoms. The van der Waals surface area contributed by atoms with Crippen LogP contribution in [0.25, 0.3) is 0 Å². The van der Waals surface area contributed by atoms with Gasteiger partial charge in [-0.3, -0.25) is 0 Å². The first-order chi connectivity index (χ1) is 12.0. The third kappa shape index (κ3) is 1.97. The van der Waals surface area contributed by atoms with E-state index < -0.39 is 11.6 Å². The number of hydrogen-bond donors (Lipinski definition) is 2. The van der Waals surface area contributed by atoms with Gasteiger partial charge in [-0.25, -0.2) is 4.79 Å². The predicted molar refractivity (Wildman–Crippen MR) is 99.4 cm³/mol. The van der Waals surface area contributed by atoms with Gasteiger partial charge >= 0.3 is 5.97 Å². The minimum atomic E-state index is -0.689. The number of ether oxygens (including phenoxy) is 1. The highest BCUT2D eigenvalue weighted by Crippen LogP contribution is 2.71. The van der Waals surface area contributed by atoms with Crippen LogP contribution in [0, 0.1) is 34.0 Å². The van der Waals surface area contributed by atoms with Crippen molar-refractivity contribution in [3.8, 4) is 0 Å². The number of carbonyl (C=O) groups is 1. The fourth-order valence-electron chi connectivity index (χ4n) is 7.87. The second-order valence-electron chi connectivity index (χ2n) is 10.6. The Hall–Kier alpha value is -1.03. The Labute approximate surface area is 157 Å². The van der Waals surface area contributed by atoms with Gasteiger partial charge in [0.1, 0.15) is 5.60 Å². The maximum Gasteiger partial charge on any atom is 0.374 e. The van der Waals surface area contributed by atoms with Crippen molar-refractivity contribution >= 4 is 5.97 Å². The maximum absolute atomic E-state index is 12.1. The van der Waals surface area contributed by atoms with Crippen molar-refractivity contribution in [3.63, 3.8) is 0 Å². The molecule has 1 heterocycles. The zero-order valence-corrected chi connectivity index (χ0v) is 16.8. The molecular formula is C22H34O4. The van der Waals surface area contributed by atoms with Gasteiger partial charge in [0.25, 0.3) is 0 Å². The first-order valence-electron chi connectivity index (χ1n) is 10.3. The molecule has 1 aliphatic heterocycles. The summed E-state index contributed by atoms with van der Waals surface area (Å²) in [6, 6.07) is 0. The molecule has 0 amide bonds. The van der Waals surface area contributed by atoms with Gasteiger partial charge < -0.3 is 14.9 Å². The summed E-state index contributed by atoms with van der Waals surface area (Å²) in [5.74, 6) is 0.319. The lowest BCUT2D eigenvalue weighted by atomic mass is 9.37. The number of aliphatic hydroxyl groups is 2. The zero-order chi connectivity index (χ0) is 19.1. The summed E-state index contributed by atoms with van der Waals surface area (Å²) in [5, 5.41) is 20.8. The largest absolute Gasteiger partial charge is 0.502 e. The molecule has 146 valence electrons. The normalized spacial score (nSPS) is 52.8. The van der Waals surface area contributed by atoms with Crippen molar-refractivity contribution in [1.29, 1.82) is 0 Å². The molecule has 0 aromatic heterocycles. The minimum absolute atomic E-state index is 0.0884. The van der Waals surface area contributed by atoms with Crippen molar-refractivity contribution in [2.24, 2.45) is 34.0 Å². The van der Waals surface area contributed by atoms with Crippen LogP contribution >= 0.6 is 0 Å². The Balaban J connectivity index is 1.81. The van der Waals surface area contributed by atoms with Gasteiger partial charge in [-0.1, -0.05) is 34.6 Å². The molecule has 3 saturated carbocycles. The van der Waals surface area contributed by atoms with Crippen LogP contribution in [0.15, 0.2) is 11.8 Å². The second kappa shape index (κ2) is 5.27. The molecule has 2 N–H and O–H groups in total. The van der Waals surface area contributed by atoms with Crippen LogP contribution in [0.3, 0.4) is 0 Å². The van der Waals surface area contributed by atoms with Crippen molar-refractivity contribution in [1.82, 2.24) is 0 Å². The molecule has 0 aromatic carbocycles. The molecule has 4 aliphatic rings. The highest BCUT2D eigenvalue weighted by atomic mass is 16.6. The number of esters is 1. The fraction of sp³-hybridized carbons (Fsp3) is 0.864. The van der Waals surface area contributed by atoms with Crippen LogP contribution in [0.5, 0.6) is 0 Å². The summed E-state index contributed by atoms with van der Waals surface area (Å²) in [6.07, 6.45) is 7.50. The Bertz CT molecular complexity index is 667. The van der Waals surface area contributed by atoms with Gasteiger partial charge in [0, 0.05) is 17.4 Å². The summed E-state index contributed by atoms with van der Waals surface area (Å²) in [5.41, 5.74) is -0.823. The predicted octanol–water partition coefficient (Wildman–Crippen LogP) is 4.37. The van der Waals surface area contributed by atoms with Crippen molar-refractivity contribution in [2.75, 3.05) is 0 Å². The van der Waals surface area contributed by atoms with Gasteiger partial charge in [-0.15, -0.1) is 0 Å². The summed E-state index contributed by atoms with van der Waals surface area (Å²) in [6.45, 7) is 11.3. The van der Waals surface area contributed by atoms with Gasteiger partial charge in [-0.05, 0) is 61.2 Å². The third-order valence-corrected chi connectivity index (χ3v) is 9.36. The van der Waals surface area contributed by atoms with Crippen LogP contribution in [-0.4, -0.2) is 27.9 Å². The van der Waals surface area contributed by atoms with Gasteiger partial charge in [0.2, 0.25) is 5.76 Å². The summed E-state index contributed by atoms with van der Waals surface area (Å²) in [7, 11) is 0. The van der Waals surface area contributed by atoms with E-state index in [4.69, 9.17) is 4.74 Å². The maximum atomic E-state index is 12.1. The Morgan fingerprint density at radius 3 is 2.35 bits per heavy atom. The Morgan fingerprint density at radius 1 is 1.04 bits per heavy atom. The topological polar surface area (TPSA) is 66.8 Å². The molecule has 4 nitrogen and oxygen atoms in total. The van der Waals surface area contributed by atoms with E-state index in [1.807, 2.05) is 0 Å². The summed E-state index contributed by atoms with van der Waals surface area (Å²) >= 11 is 0. The van der Waals surface area contributed by atoms with E-state index in [-0.39, 0.29) is 34.0 Å². The quantitative estimate of drug-likeness (QED) is 0.628. The molecule has 0 unspecified atom stereocenters. The lowest BCUT2D eigenvalue weighted by molar-refractivity contribution is -0.241. The standard InChI is InChI=1S/C22H34O4/c1-13-6-7-16-20(4)10-9-17(24)19(2,3)15(20)8-11-21(16,5)22(13)12-14(23)18(25)26-22/h12-13,15-17,23-24H,6-11H2,1-5H3/t13-,15-,16+,17-,20-,21+,22-/m0/s1. The van der Waals surface area contributed by atoms with E-state index in [2.05, 4.69) is 34.6 Å². The minimum Gasteiger partial charge on any atom is -0.502 e. The van der Waals surface area contributed by atoms with Crippen LogP contribution in [-0.2, 0) is 9.53 Å². The van der Waals surface area contributed by atoms with Crippen molar-refractivity contribution in [2.45, 2.75) is 84.8 Å². The molecule has 0 saturated heterocycles. The number of carbonyl (C=O) groups excluding carboxylic acids is 1. The lowest BCUT2D eigenvalue weighted by Crippen LogP contribution is -2.67. The van der Waals surface area contributed by atoms with E-state index in [1.165, 1.54) is 0 Å². The van der Waals surface area contributed by atoms with E-state index in [0.717, 1.165) is 38.5 Å². The van der Waals surface area contributed by atoms with Crippen LogP contribution < -0.4 is 0 Å². The average Bonchev–Trinajstić information content (AvgIpc) is 2.86. The average molecular weight is 363 g/mol. The molecular weight excluding hydrogens is 328 g/mol. The highest BCUT2D eigenvalue weighted by molar-refractivity contribution is 5.89. The monoisotopic (exact) mass is 362 g/mol.